The lowest BCUT2D eigenvalue weighted by Crippen LogP contribution is -2.42. The molecule has 0 bridgehead atoms. The lowest BCUT2D eigenvalue weighted by Gasteiger charge is -2.24. The van der Waals surface area contributed by atoms with Crippen LogP contribution in [0, 0.1) is 5.82 Å². The highest BCUT2D eigenvalue weighted by atomic mass is 19.1. The van der Waals surface area contributed by atoms with Crippen molar-refractivity contribution in [3.63, 3.8) is 0 Å². The fourth-order valence-corrected chi connectivity index (χ4v) is 2.01. The molecule has 1 heterocycles. The van der Waals surface area contributed by atoms with E-state index in [1.807, 2.05) is 6.92 Å². The maximum absolute atomic E-state index is 12.7. The normalized spacial score (nSPS) is 30.7. The quantitative estimate of drug-likeness (QED) is 0.805. The van der Waals surface area contributed by atoms with Gasteiger partial charge in [0.1, 0.15) is 11.5 Å². The van der Waals surface area contributed by atoms with Gasteiger partial charge in [0, 0.05) is 12.5 Å². The maximum Gasteiger partial charge on any atom is 0.123 e. The van der Waals surface area contributed by atoms with Crippen molar-refractivity contribution in [2.75, 3.05) is 6.61 Å². The average Bonchev–Trinajstić information content (AvgIpc) is 2.50. The summed E-state index contributed by atoms with van der Waals surface area (Å²) >= 11 is 0. The summed E-state index contributed by atoms with van der Waals surface area (Å²) in [4.78, 5) is 0. The third-order valence-corrected chi connectivity index (χ3v) is 2.66. The molecule has 1 aromatic rings. The standard InChI is InChI=1S/C12H16FNO/c1-9-8-15-12(2,14-9)7-10-3-5-11(13)6-4-10/h3-6,9,14H,7-8H2,1-2H3. The number of benzene rings is 1. The zero-order valence-electron chi connectivity index (χ0n) is 9.09. The molecule has 15 heavy (non-hydrogen) atoms. The van der Waals surface area contributed by atoms with Gasteiger partial charge >= 0.3 is 0 Å². The fourth-order valence-electron chi connectivity index (χ4n) is 2.01. The summed E-state index contributed by atoms with van der Waals surface area (Å²) in [5, 5.41) is 3.38. The zero-order chi connectivity index (χ0) is 10.9. The molecule has 1 aromatic carbocycles. The molecular formula is C12H16FNO. The number of nitrogens with one attached hydrogen (secondary N) is 1. The summed E-state index contributed by atoms with van der Waals surface area (Å²) in [5.74, 6) is -0.197. The van der Waals surface area contributed by atoms with Crippen molar-refractivity contribution >= 4 is 0 Å². The molecule has 0 radical (unpaired) electrons. The van der Waals surface area contributed by atoms with Gasteiger partial charge in [-0.2, -0.15) is 0 Å². The number of hydrogen-bond acceptors (Lipinski definition) is 2. The molecule has 1 N–H and O–H groups in total. The highest BCUT2D eigenvalue weighted by molar-refractivity contribution is 5.18. The molecule has 1 saturated heterocycles. The summed E-state index contributed by atoms with van der Waals surface area (Å²) < 4.78 is 18.4. The second-order valence-electron chi connectivity index (χ2n) is 4.39. The van der Waals surface area contributed by atoms with Crippen LogP contribution < -0.4 is 5.32 Å². The minimum atomic E-state index is -0.308. The predicted molar refractivity (Wildman–Crippen MR) is 57.1 cm³/mol. The van der Waals surface area contributed by atoms with Gasteiger partial charge in [-0.25, -0.2) is 4.39 Å². The summed E-state index contributed by atoms with van der Waals surface area (Å²) in [7, 11) is 0. The van der Waals surface area contributed by atoms with Crippen LogP contribution in [0.4, 0.5) is 4.39 Å². The van der Waals surface area contributed by atoms with Gasteiger partial charge in [-0.15, -0.1) is 0 Å². The Morgan fingerprint density at radius 3 is 2.67 bits per heavy atom. The second kappa shape index (κ2) is 3.91. The minimum absolute atomic E-state index is 0.197. The van der Waals surface area contributed by atoms with Gasteiger partial charge in [0.15, 0.2) is 0 Å². The van der Waals surface area contributed by atoms with E-state index in [-0.39, 0.29) is 11.5 Å². The second-order valence-corrected chi connectivity index (χ2v) is 4.39. The van der Waals surface area contributed by atoms with E-state index in [0.717, 1.165) is 18.6 Å². The highest BCUT2D eigenvalue weighted by Crippen LogP contribution is 2.20. The topological polar surface area (TPSA) is 21.3 Å². The Labute approximate surface area is 89.4 Å². The Morgan fingerprint density at radius 2 is 2.13 bits per heavy atom. The SMILES string of the molecule is CC1COC(C)(Cc2ccc(F)cc2)N1. The van der Waals surface area contributed by atoms with Crippen molar-refractivity contribution in [2.24, 2.45) is 0 Å². The van der Waals surface area contributed by atoms with Gasteiger partial charge in [0.05, 0.1) is 6.61 Å². The number of rotatable bonds is 2. The first-order valence-electron chi connectivity index (χ1n) is 5.23. The van der Waals surface area contributed by atoms with Crippen LogP contribution in [-0.4, -0.2) is 18.4 Å². The first-order chi connectivity index (χ1) is 7.07. The van der Waals surface area contributed by atoms with Crippen LogP contribution in [0.1, 0.15) is 19.4 Å². The van der Waals surface area contributed by atoms with Crippen LogP contribution >= 0.6 is 0 Å². The van der Waals surface area contributed by atoms with Crippen LogP contribution in [-0.2, 0) is 11.2 Å². The van der Waals surface area contributed by atoms with E-state index in [0.29, 0.717) is 6.04 Å². The van der Waals surface area contributed by atoms with Crippen molar-refractivity contribution in [3.8, 4) is 0 Å². The lowest BCUT2D eigenvalue weighted by atomic mass is 10.0. The van der Waals surface area contributed by atoms with Gasteiger partial charge in [-0.1, -0.05) is 12.1 Å². The third kappa shape index (κ3) is 2.55. The smallest absolute Gasteiger partial charge is 0.123 e. The summed E-state index contributed by atoms with van der Waals surface area (Å²) in [6.07, 6.45) is 0.762. The maximum atomic E-state index is 12.7. The van der Waals surface area contributed by atoms with Crippen molar-refractivity contribution in [2.45, 2.75) is 32.0 Å². The van der Waals surface area contributed by atoms with E-state index in [4.69, 9.17) is 4.74 Å². The highest BCUT2D eigenvalue weighted by Gasteiger charge is 2.33. The minimum Gasteiger partial charge on any atom is -0.359 e. The molecule has 82 valence electrons. The molecule has 3 heteroatoms. The Hall–Kier alpha value is -0.930. The van der Waals surface area contributed by atoms with Gasteiger partial charge in [0.2, 0.25) is 0 Å². The Morgan fingerprint density at radius 1 is 1.47 bits per heavy atom. The number of halogens is 1. The van der Waals surface area contributed by atoms with Crippen molar-refractivity contribution < 1.29 is 9.13 Å². The Bertz CT molecular complexity index is 338. The van der Waals surface area contributed by atoms with Crippen LogP contribution in [0.15, 0.2) is 24.3 Å². The monoisotopic (exact) mass is 209 g/mol. The molecule has 1 aliphatic heterocycles. The number of hydrogen-bond donors (Lipinski definition) is 1. The van der Waals surface area contributed by atoms with Crippen molar-refractivity contribution in [3.05, 3.63) is 35.6 Å². The molecular weight excluding hydrogens is 193 g/mol. The summed E-state index contributed by atoms with van der Waals surface area (Å²) in [5.41, 5.74) is 0.776. The molecule has 2 atom stereocenters. The molecule has 1 aliphatic rings. The Kier molecular flexibility index (Phi) is 2.76. The first-order valence-corrected chi connectivity index (χ1v) is 5.23. The van der Waals surface area contributed by atoms with E-state index in [1.165, 1.54) is 12.1 Å². The molecule has 0 amide bonds. The first kappa shape index (κ1) is 10.6. The van der Waals surface area contributed by atoms with E-state index < -0.39 is 0 Å². The molecule has 2 nitrogen and oxygen atoms in total. The summed E-state index contributed by atoms with van der Waals surface area (Å²) in [6.45, 7) is 4.85. The van der Waals surface area contributed by atoms with Crippen LogP contribution in [0.25, 0.3) is 0 Å². The van der Waals surface area contributed by atoms with E-state index in [1.54, 1.807) is 12.1 Å². The number of ether oxygens (including phenoxy) is 1. The third-order valence-electron chi connectivity index (χ3n) is 2.66. The van der Waals surface area contributed by atoms with E-state index in [2.05, 4.69) is 12.2 Å². The fraction of sp³-hybridized carbons (Fsp3) is 0.500. The predicted octanol–water partition coefficient (Wildman–Crippen LogP) is 2.09. The van der Waals surface area contributed by atoms with Gasteiger partial charge in [-0.05, 0) is 31.5 Å². The molecule has 0 aliphatic carbocycles. The largest absolute Gasteiger partial charge is 0.359 e. The van der Waals surface area contributed by atoms with Gasteiger partial charge < -0.3 is 4.74 Å². The molecule has 0 saturated carbocycles. The molecule has 2 rings (SSSR count). The van der Waals surface area contributed by atoms with Crippen LogP contribution in [0.3, 0.4) is 0 Å². The molecule has 1 fully saturated rings. The molecule has 0 aromatic heterocycles. The van der Waals surface area contributed by atoms with Crippen molar-refractivity contribution in [1.82, 2.24) is 5.32 Å². The van der Waals surface area contributed by atoms with Crippen molar-refractivity contribution in [1.29, 1.82) is 0 Å². The molecule has 2 unspecified atom stereocenters. The average molecular weight is 209 g/mol. The van der Waals surface area contributed by atoms with Gasteiger partial charge in [0.25, 0.3) is 0 Å². The molecule has 0 spiro atoms. The van der Waals surface area contributed by atoms with Gasteiger partial charge in [-0.3, -0.25) is 5.32 Å². The lowest BCUT2D eigenvalue weighted by molar-refractivity contribution is 0.00689. The van der Waals surface area contributed by atoms with E-state index in [9.17, 15) is 4.39 Å². The van der Waals surface area contributed by atoms with Crippen LogP contribution in [0.5, 0.6) is 0 Å². The zero-order valence-corrected chi connectivity index (χ0v) is 9.09. The van der Waals surface area contributed by atoms with E-state index >= 15 is 0 Å². The van der Waals surface area contributed by atoms with Crippen LogP contribution in [0.2, 0.25) is 0 Å². The summed E-state index contributed by atoms with van der Waals surface area (Å²) in [6, 6.07) is 6.95. The Balaban J connectivity index is 2.05.